The van der Waals surface area contributed by atoms with E-state index >= 15 is 0 Å². The number of benzene rings is 2. The molecule has 1 saturated heterocycles. The quantitative estimate of drug-likeness (QED) is 0.527. The van der Waals surface area contributed by atoms with E-state index in [1.165, 1.54) is 12.1 Å². The number of carbonyl (C=O) groups excluding carboxylic acids is 2. The molecule has 2 N–H and O–H groups in total. The van der Waals surface area contributed by atoms with E-state index in [2.05, 4.69) is 16.6 Å². The van der Waals surface area contributed by atoms with Gasteiger partial charge in [-0.25, -0.2) is 13.1 Å². The lowest BCUT2D eigenvalue weighted by molar-refractivity contribution is -0.137. The zero-order chi connectivity index (χ0) is 26.5. The molecule has 1 atom stereocenters. The summed E-state index contributed by atoms with van der Waals surface area (Å²) in [6.07, 6.45) is -3.66. The molecule has 2 amide bonds. The maximum absolute atomic E-state index is 12.9. The standard InChI is InChI=1S/C25H28F3N3O4S/c1-3-36(34,35)30-15-19-10-11-31(16-19)24(33)21-7-6-20(17(2)12-21)13-23(32)29-14-18-4-8-22(9-5-18)25(26,27)28/h3-9,12,19,30H,1,10-11,13-16H2,2H3,(H,29,32)/t19-/m0/s1. The second-order valence-corrected chi connectivity index (χ2v) is 10.5. The first kappa shape index (κ1) is 27.4. The van der Waals surface area contributed by atoms with Crippen molar-refractivity contribution in [2.45, 2.75) is 32.5 Å². The Balaban J connectivity index is 1.52. The predicted octanol–water partition coefficient (Wildman–Crippen LogP) is 3.40. The predicted molar refractivity (Wildman–Crippen MR) is 129 cm³/mol. The van der Waals surface area contributed by atoms with Gasteiger partial charge in [-0.2, -0.15) is 13.2 Å². The number of nitrogens with zero attached hydrogens (tertiary/aromatic N) is 1. The average Bonchev–Trinajstić information content (AvgIpc) is 3.31. The number of halogens is 3. The fraction of sp³-hybridized carbons (Fsp3) is 0.360. The number of likely N-dealkylation sites (tertiary alicyclic amines) is 1. The Morgan fingerprint density at radius 2 is 1.86 bits per heavy atom. The molecule has 1 aliphatic heterocycles. The van der Waals surface area contributed by atoms with E-state index in [1.54, 1.807) is 30.0 Å². The van der Waals surface area contributed by atoms with E-state index in [-0.39, 0.29) is 37.2 Å². The van der Waals surface area contributed by atoms with Crippen LogP contribution in [0.15, 0.2) is 54.5 Å². The van der Waals surface area contributed by atoms with Crippen LogP contribution >= 0.6 is 0 Å². The third-order valence-corrected chi connectivity index (χ3v) is 7.09. The van der Waals surface area contributed by atoms with Crippen LogP contribution in [0.4, 0.5) is 13.2 Å². The minimum atomic E-state index is -4.41. The van der Waals surface area contributed by atoms with E-state index in [0.29, 0.717) is 30.6 Å². The van der Waals surface area contributed by atoms with Crippen molar-refractivity contribution < 1.29 is 31.2 Å². The number of aryl methyl sites for hydroxylation is 1. The van der Waals surface area contributed by atoms with E-state index in [9.17, 15) is 31.2 Å². The number of amides is 2. The fourth-order valence-electron chi connectivity index (χ4n) is 3.93. The molecule has 2 aromatic carbocycles. The average molecular weight is 524 g/mol. The fourth-order valence-corrected chi connectivity index (χ4v) is 4.52. The molecule has 36 heavy (non-hydrogen) atoms. The molecular weight excluding hydrogens is 495 g/mol. The van der Waals surface area contributed by atoms with Crippen LogP contribution < -0.4 is 10.0 Å². The summed E-state index contributed by atoms with van der Waals surface area (Å²) in [5.74, 6) is -0.440. The maximum Gasteiger partial charge on any atom is 0.416 e. The molecule has 0 spiro atoms. The van der Waals surface area contributed by atoms with Crippen LogP contribution in [0.5, 0.6) is 0 Å². The highest BCUT2D eigenvalue weighted by Crippen LogP contribution is 2.29. The molecule has 0 saturated carbocycles. The summed E-state index contributed by atoms with van der Waals surface area (Å²) in [5, 5.41) is 3.55. The second-order valence-electron chi connectivity index (χ2n) is 8.76. The molecule has 0 aromatic heterocycles. The lowest BCUT2D eigenvalue weighted by atomic mass is 10.0. The van der Waals surface area contributed by atoms with Crippen molar-refractivity contribution in [1.82, 2.24) is 14.9 Å². The summed E-state index contributed by atoms with van der Waals surface area (Å²) in [6.45, 7) is 6.34. The molecule has 3 rings (SSSR count). The van der Waals surface area contributed by atoms with Gasteiger partial charge in [-0.05, 0) is 60.2 Å². The highest BCUT2D eigenvalue weighted by atomic mass is 32.2. The molecule has 194 valence electrons. The Labute approximate surface area is 208 Å². The molecular formula is C25H28F3N3O4S. The largest absolute Gasteiger partial charge is 0.416 e. The molecule has 11 heteroatoms. The van der Waals surface area contributed by atoms with Gasteiger partial charge in [0.05, 0.1) is 12.0 Å². The number of hydrogen-bond donors (Lipinski definition) is 2. The zero-order valence-electron chi connectivity index (χ0n) is 19.8. The van der Waals surface area contributed by atoms with Gasteiger partial charge in [0.1, 0.15) is 0 Å². The normalized spacial score (nSPS) is 16.1. The lowest BCUT2D eigenvalue weighted by Crippen LogP contribution is -2.32. The number of carbonyl (C=O) groups is 2. The SMILES string of the molecule is C=CS(=O)(=O)NC[C@@H]1CCN(C(=O)c2ccc(CC(=O)NCc3ccc(C(F)(F)F)cc3)c(C)c2)C1. The first-order valence-corrected chi connectivity index (χ1v) is 12.9. The Morgan fingerprint density at radius 1 is 1.17 bits per heavy atom. The summed E-state index contributed by atoms with van der Waals surface area (Å²) in [4.78, 5) is 26.9. The maximum atomic E-state index is 12.9. The van der Waals surface area contributed by atoms with Crippen LogP contribution in [0.2, 0.25) is 0 Å². The monoisotopic (exact) mass is 523 g/mol. The van der Waals surface area contributed by atoms with Crippen LogP contribution in [0.3, 0.4) is 0 Å². The van der Waals surface area contributed by atoms with Crippen molar-refractivity contribution in [2.75, 3.05) is 19.6 Å². The Kier molecular flexibility index (Phi) is 8.57. The number of sulfonamides is 1. The number of alkyl halides is 3. The smallest absolute Gasteiger partial charge is 0.352 e. The van der Waals surface area contributed by atoms with Crippen molar-refractivity contribution in [3.8, 4) is 0 Å². The summed E-state index contributed by atoms with van der Waals surface area (Å²) >= 11 is 0. The van der Waals surface area contributed by atoms with Crippen LogP contribution in [-0.4, -0.2) is 44.8 Å². The van der Waals surface area contributed by atoms with Crippen molar-refractivity contribution >= 4 is 21.8 Å². The Morgan fingerprint density at radius 3 is 2.47 bits per heavy atom. The molecule has 1 aliphatic rings. The van der Waals surface area contributed by atoms with Gasteiger partial charge in [0, 0.05) is 37.2 Å². The molecule has 0 radical (unpaired) electrons. The number of rotatable bonds is 9. The van der Waals surface area contributed by atoms with Crippen LogP contribution in [-0.2, 0) is 34.0 Å². The third-order valence-electron chi connectivity index (χ3n) is 6.08. The molecule has 1 heterocycles. The van der Waals surface area contributed by atoms with Crippen molar-refractivity contribution in [2.24, 2.45) is 5.92 Å². The number of nitrogens with one attached hydrogen (secondary N) is 2. The minimum absolute atomic E-state index is 0.0115. The van der Waals surface area contributed by atoms with Gasteiger partial charge in [0.25, 0.3) is 5.91 Å². The first-order chi connectivity index (χ1) is 16.9. The zero-order valence-corrected chi connectivity index (χ0v) is 20.6. The first-order valence-electron chi connectivity index (χ1n) is 11.3. The lowest BCUT2D eigenvalue weighted by Gasteiger charge is -2.18. The van der Waals surface area contributed by atoms with Crippen molar-refractivity contribution in [3.05, 3.63) is 82.3 Å². The molecule has 0 bridgehead atoms. The van der Waals surface area contributed by atoms with Gasteiger partial charge >= 0.3 is 6.18 Å². The number of hydrogen-bond acceptors (Lipinski definition) is 4. The Bertz CT molecular complexity index is 1230. The Hall–Kier alpha value is -3.18. The summed E-state index contributed by atoms with van der Waals surface area (Å²) in [7, 11) is -3.51. The van der Waals surface area contributed by atoms with Gasteiger partial charge < -0.3 is 10.2 Å². The van der Waals surface area contributed by atoms with E-state index < -0.39 is 21.8 Å². The summed E-state index contributed by atoms with van der Waals surface area (Å²) in [5.41, 5.74) is 1.78. The molecule has 1 fully saturated rings. The van der Waals surface area contributed by atoms with Gasteiger partial charge in [0.15, 0.2) is 0 Å². The van der Waals surface area contributed by atoms with E-state index in [1.807, 2.05) is 0 Å². The third kappa shape index (κ3) is 7.41. The molecule has 0 aliphatic carbocycles. The summed E-state index contributed by atoms with van der Waals surface area (Å²) in [6, 6.07) is 9.69. The highest BCUT2D eigenvalue weighted by molar-refractivity contribution is 7.92. The van der Waals surface area contributed by atoms with Crippen LogP contribution in [0, 0.1) is 12.8 Å². The van der Waals surface area contributed by atoms with Gasteiger partial charge in [-0.15, -0.1) is 0 Å². The molecule has 7 nitrogen and oxygen atoms in total. The van der Waals surface area contributed by atoms with Crippen molar-refractivity contribution in [1.29, 1.82) is 0 Å². The van der Waals surface area contributed by atoms with E-state index in [0.717, 1.165) is 28.7 Å². The topological polar surface area (TPSA) is 95.6 Å². The van der Waals surface area contributed by atoms with Crippen molar-refractivity contribution in [3.63, 3.8) is 0 Å². The highest BCUT2D eigenvalue weighted by Gasteiger charge is 2.30. The summed E-state index contributed by atoms with van der Waals surface area (Å²) < 4.78 is 63.5. The molecule has 2 aromatic rings. The van der Waals surface area contributed by atoms with Crippen LogP contribution in [0.1, 0.15) is 39.0 Å². The second kappa shape index (κ2) is 11.3. The molecule has 0 unspecified atom stereocenters. The van der Waals surface area contributed by atoms with Gasteiger partial charge in [-0.3, -0.25) is 9.59 Å². The minimum Gasteiger partial charge on any atom is -0.352 e. The van der Waals surface area contributed by atoms with Gasteiger partial charge in [0.2, 0.25) is 15.9 Å². The van der Waals surface area contributed by atoms with E-state index in [4.69, 9.17) is 0 Å². The van der Waals surface area contributed by atoms with Crippen LogP contribution in [0.25, 0.3) is 0 Å². The van der Waals surface area contributed by atoms with Gasteiger partial charge in [-0.1, -0.05) is 24.8 Å².